The lowest BCUT2D eigenvalue weighted by Gasteiger charge is -2.19. The molecule has 1 amide bonds. The van der Waals surface area contributed by atoms with Crippen LogP contribution in [0.4, 0.5) is 5.69 Å². The molecule has 0 spiro atoms. The molecule has 2 rings (SSSR count). The fourth-order valence-electron chi connectivity index (χ4n) is 2.39. The molecule has 2 aromatic carbocycles. The molecule has 0 saturated heterocycles. The molecule has 128 valence electrons. The largest absolute Gasteiger partial charge is 0.496 e. The number of nitrogens with one attached hydrogen (secondary N) is 2. The Morgan fingerprint density at radius 1 is 1.29 bits per heavy atom. The van der Waals surface area contributed by atoms with Crippen LogP contribution in [-0.2, 0) is 0 Å². The van der Waals surface area contributed by atoms with E-state index in [4.69, 9.17) is 21.4 Å². The molecule has 24 heavy (non-hydrogen) atoms. The topological polar surface area (TPSA) is 70.6 Å². The van der Waals surface area contributed by atoms with E-state index in [1.807, 2.05) is 25.1 Å². The predicted octanol–water partition coefficient (Wildman–Crippen LogP) is 3.24. The molecule has 0 aliphatic carbocycles. The van der Waals surface area contributed by atoms with Crippen LogP contribution in [0.25, 0.3) is 0 Å². The van der Waals surface area contributed by atoms with E-state index < -0.39 is 0 Å². The maximum Gasteiger partial charge on any atom is 0.251 e. The minimum atomic E-state index is -0.222. The van der Waals surface area contributed by atoms with E-state index in [1.165, 1.54) is 0 Å². The highest BCUT2D eigenvalue weighted by atomic mass is 35.5. The average molecular weight is 349 g/mol. The van der Waals surface area contributed by atoms with E-state index in [9.17, 15) is 4.79 Å². The van der Waals surface area contributed by atoms with Gasteiger partial charge in [-0.25, -0.2) is 0 Å². The number of aliphatic hydroxyl groups excluding tert-OH is 1. The zero-order valence-corrected chi connectivity index (χ0v) is 14.4. The molecule has 0 bridgehead atoms. The van der Waals surface area contributed by atoms with Gasteiger partial charge in [0.1, 0.15) is 5.75 Å². The summed E-state index contributed by atoms with van der Waals surface area (Å²) < 4.78 is 5.38. The quantitative estimate of drug-likeness (QED) is 0.718. The molecule has 0 heterocycles. The second-order valence-electron chi connectivity index (χ2n) is 5.31. The number of amides is 1. The van der Waals surface area contributed by atoms with Gasteiger partial charge in [0.2, 0.25) is 0 Å². The molecule has 3 N–H and O–H groups in total. The predicted molar refractivity (Wildman–Crippen MR) is 95.9 cm³/mol. The Morgan fingerprint density at radius 3 is 2.79 bits per heavy atom. The summed E-state index contributed by atoms with van der Waals surface area (Å²) in [6.07, 6.45) is 0. The van der Waals surface area contributed by atoms with Crippen molar-refractivity contribution < 1.29 is 14.6 Å². The summed E-state index contributed by atoms with van der Waals surface area (Å²) in [5.74, 6) is 0.525. The molecule has 2 aromatic rings. The van der Waals surface area contributed by atoms with E-state index in [1.54, 1.807) is 31.4 Å². The van der Waals surface area contributed by atoms with Crippen molar-refractivity contribution in [3.63, 3.8) is 0 Å². The van der Waals surface area contributed by atoms with Gasteiger partial charge in [-0.1, -0.05) is 17.7 Å². The molecule has 6 heteroatoms. The highest BCUT2D eigenvalue weighted by Crippen LogP contribution is 2.30. The van der Waals surface area contributed by atoms with Crippen LogP contribution in [0.15, 0.2) is 42.5 Å². The van der Waals surface area contributed by atoms with Crippen molar-refractivity contribution in [2.24, 2.45) is 0 Å². The lowest BCUT2D eigenvalue weighted by atomic mass is 10.1. The minimum Gasteiger partial charge on any atom is -0.496 e. The second-order valence-corrected chi connectivity index (χ2v) is 5.75. The molecule has 0 radical (unpaired) electrons. The second kappa shape index (κ2) is 8.57. The molecule has 1 atom stereocenters. The molecular weight excluding hydrogens is 328 g/mol. The zero-order chi connectivity index (χ0) is 17.5. The Bertz CT molecular complexity index is 706. The Labute approximate surface area is 146 Å². The number of carbonyl (C=O) groups is 1. The van der Waals surface area contributed by atoms with Crippen LogP contribution in [-0.4, -0.2) is 31.3 Å². The first-order valence-corrected chi connectivity index (χ1v) is 8.02. The van der Waals surface area contributed by atoms with Crippen LogP contribution in [0.1, 0.15) is 28.9 Å². The number of benzene rings is 2. The van der Waals surface area contributed by atoms with Crippen LogP contribution < -0.4 is 15.4 Å². The summed E-state index contributed by atoms with van der Waals surface area (Å²) in [4.78, 5) is 12.0. The van der Waals surface area contributed by atoms with Gasteiger partial charge in [0.15, 0.2) is 0 Å². The van der Waals surface area contributed by atoms with Gasteiger partial charge in [0.05, 0.1) is 19.8 Å². The van der Waals surface area contributed by atoms with E-state index in [0.29, 0.717) is 10.6 Å². The molecule has 5 nitrogen and oxygen atoms in total. The lowest BCUT2D eigenvalue weighted by Crippen LogP contribution is -2.26. The maximum absolute atomic E-state index is 12.0. The highest BCUT2D eigenvalue weighted by molar-refractivity contribution is 6.30. The summed E-state index contributed by atoms with van der Waals surface area (Å²) in [6.45, 7) is 2.13. The van der Waals surface area contributed by atoms with Gasteiger partial charge in [0.25, 0.3) is 5.91 Å². The first-order chi connectivity index (χ1) is 11.5. The highest BCUT2D eigenvalue weighted by Gasteiger charge is 2.13. The number of hydrogen-bond acceptors (Lipinski definition) is 4. The van der Waals surface area contributed by atoms with Gasteiger partial charge in [-0.05, 0) is 43.3 Å². The van der Waals surface area contributed by atoms with Crippen molar-refractivity contribution in [1.82, 2.24) is 5.32 Å². The van der Waals surface area contributed by atoms with Crippen molar-refractivity contribution in [1.29, 1.82) is 0 Å². The third-order valence-electron chi connectivity index (χ3n) is 3.56. The number of hydrogen-bond donors (Lipinski definition) is 3. The average Bonchev–Trinajstić information content (AvgIpc) is 2.59. The fraction of sp³-hybridized carbons (Fsp3) is 0.278. The third kappa shape index (κ3) is 4.63. The van der Waals surface area contributed by atoms with Crippen LogP contribution in [0.2, 0.25) is 5.02 Å². The summed E-state index contributed by atoms with van der Waals surface area (Å²) in [5.41, 5.74) is 2.26. The number of carbonyl (C=O) groups excluding carboxylic acids is 1. The van der Waals surface area contributed by atoms with E-state index in [-0.39, 0.29) is 25.1 Å². The van der Waals surface area contributed by atoms with Crippen molar-refractivity contribution >= 4 is 23.2 Å². The van der Waals surface area contributed by atoms with Gasteiger partial charge in [-0.3, -0.25) is 4.79 Å². The van der Waals surface area contributed by atoms with Gasteiger partial charge >= 0.3 is 0 Å². The smallest absolute Gasteiger partial charge is 0.251 e. The van der Waals surface area contributed by atoms with Crippen molar-refractivity contribution in [3.8, 4) is 5.75 Å². The standard InChI is InChI=1S/C18H21ClN2O3/c1-12(16-11-14(19)6-7-17(16)24-2)21-15-5-3-4-13(10-15)18(23)20-8-9-22/h3-7,10-12,21-22H,8-9H2,1-2H3,(H,20,23). The molecule has 0 aliphatic heterocycles. The summed E-state index contributed by atoms with van der Waals surface area (Å²) in [7, 11) is 1.62. The molecule has 0 fully saturated rings. The van der Waals surface area contributed by atoms with E-state index in [2.05, 4.69) is 10.6 Å². The first-order valence-electron chi connectivity index (χ1n) is 7.64. The minimum absolute atomic E-state index is 0.0607. The van der Waals surface area contributed by atoms with Crippen LogP contribution >= 0.6 is 11.6 Å². The van der Waals surface area contributed by atoms with Crippen LogP contribution in [0.5, 0.6) is 5.75 Å². The number of halogens is 1. The number of ether oxygens (including phenoxy) is 1. The maximum atomic E-state index is 12.0. The van der Waals surface area contributed by atoms with Crippen molar-refractivity contribution in [3.05, 3.63) is 58.6 Å². The fourth-order valence-corrected chi connectivity index (χ4v) is 2.57. The Balaban J connectivity index is 2.16. The lowest BCUT2D eigenvalue weighted by molar-refractivity contribution is 0.0945. The molecule has 1 unspecified atom stereocenters. The Kier molecular flexibility index (Phi) is 6.46. The summed E-state index contributed by atoms with van der Waals surface area (Å²) in [5, 5.41) is 15.4. The number of methoxy groups -OCH3 is 1. The van der Waals surface area contributed by atoms with Crippen LogP contribution in [0.3, 0.4) is 0 Å². The zero-order valence-electron chi connectivity index (χ0n) is 13.7. The van der Waals surface area contributed by atoms with Gasteiger partial charge in [-0.2, -0.15) is 0 Å². The van der Waals surface area contributed by atoms with Gasteiger partial charge < -0.3 is 20.5 Å². The number of rotatable bonds is 7. The summed E-state index contributed by atoms with van der Waals surface area (Å²) in [6, 6.07) is 12.6. The summed E-state index contributed by atoms with van der Waals surface area (Å²) >= 11 is 6.08. The SMILES string of the molecule is COc1ccc(Cl)cc1C(C)Nc1cccc(C(=O)NCCO)c1. The Hall–Kier alpha value is -2.24. The third-order valence-corrected chi connectivity index (χ3v) is 3.80. The van der Waals surface area contributed by atoms with E-state index >= 15 is 0 Å². The molecular formula is C18H21ClN2O3. The van der Waals surface area contributed by atoms with Crippen molar-refractivity contribution in [2.45, 2.75) is 13.0 Å². The van der Waals surface area contributed by atoms with E-state index in [0.717, 1.165) is 17.0 Å². The first kappa shape index (κ1) is 18.1. The molecule has 0 aromatic heterocycles. The Morgan fingerprint density at radius 2 is 2.08 bits per heavy atom. The number of aliphatic hydroxyl groups is 1. The van der Waals surface area contributed by atoms with Crippen molar-refractivity contribution in [2.75, 3.05) is 25.6 Å². The van der Waals surface area contributed by atoms with Crippen LogP contribution in [0, 0.1) is 0 Å². The van der Waals surface area contributed by atoms with Gasteiger partial charge in [0, 0.05) is 28.4 Å². The number of anilines is 1. The molecule has 0 aliphatic rings. The van der Waals surface area contributed by atoms with Gasteiger partial charge in [-0.15, -0.1) is 0 Å². The molecule has 0 saturated carbocycles. The monoisotopic (exact) mass is 348 g/mol. The normalized spacial score (nSPS) is 11.7.